The molecule has 7 heavy (non-hydrogen) atoms. The molecule has 0 nitrogen and oxygen atoms in total. The summed E-state index contributed by atoms with van der Waals surface area (Å²) in [6.45, 7) is 8.72. The van der Waals surface area contributed by atoms with Crippen molar-refractivity contribution >= 4 is 0 Å². The van der Waals surface area contributed by atoms with Gasteiger partial charge in [0.05, 0.1) is 0 Å². The van der Waals surface area contributed by atoms with Crippen LogP contribution in [0.15, 0.2) is 0 Å². The van der Waals surface area contributed by atoms with E-state index < -0.39 is 0 Å². The summed E-state index contributed by atoms with van der Waals surface area (Å²) in [5.74, 6) is 2.28. The van der Waals surface area contributed by atoms with Crippen LogP contribution in [0.25, 0.3) is 0 Å². The molecule has 0 aromatic carbocycles. The van der Waals surface area contributed by atoms with Crippen LogP contribution >= 0.6 is 0 Å². The van der Waals surface area contributed by atoms with Gasteiger partial charge in [0, 0.05) is 0 Å². The molecule has 0 spiro atoms. The minimum atomic E-state index is 0. The molecule has 0 aliphatic carbocycles. The van der Waals surface area contributed by atoms with Crippen LogP contribution in [0.5, 0.6) is 0 Å². The molecule has 0 saturated heterocycles. The van der Waals surface area contributed by atoms with Crippen LogP contribution in [0.1, 0.15) is 27.7 Å². The molecule has 0 N–H and O–H groups in total. The van der Waals surface area contributed by atoms with Crippen molar-refractivity contribution in [3.05, 3.63) is 5.92 Å². The molecule has 0 amide bonds. The predicted molar refractivity (Wildman–Crippen MR) is 29.4 cm³/mol. The van der Waals surface area contributed by atoms with Crippen molar-refractivity contribution in [2.45, 2.75) is 27.7 Å². The molecule has 0 radical (unpaired) electrons. The molecule has 0 unspecified atom stereocenters. The third-order valence-electron chi connectivity index (χ3n) is 1.15. The van der Waals surface area contributed by atoms with Gasteiger partial charge in [-0.2, -0.15) is 19.8 Å². The van der Waals surface area contributed by atoms with E-state index in [9.17, 15) is 0 Å². The second-order valence-corrected chi connectivity index (χ2v) is 2.23. The van der Waals surface area contributed by atoms with E-state index in [4.69, 9.17) is 0 Å². The van der Waals surface area contributed by atoms with E-state index in [2.05, 4.69) is 27.7 Å². The number of hydrogen-bond donors (Lipinski definition) is 0. The van der Waals surface area contributed by atoms with E-state index in [0.717, 1.165) is 5.92 Å². The third-order valence-corrected chi connectivity index (χ3v) is 1.15. The first-order valence-electron chi connectivity index (χ1n) is 2.44. The zero-order valence-corrected chi connectivity index (χ0v) is 9.20. The maximum Gasteiger partial charge on any atom is 1.00 e. The van der Waals surface area contributed by atoms with E-state index in [-0.39, 0.29) is 51.4 Å². The summed E-state index contributed by atoms with van der Waals surface area (Å²) in [5.41, 5.74) is 0. The molecule has 0 fully saturated rings. The van der Waals surface area contributed by atoms with Gasteiger partial charge in [0.25, 0.3) is 0 Å². The first-order valence-corrected chi connectivity index (χ1v) is 2.44. The summed E-state index contributed by atoms with van der Waals surface area (Å²) in [4.78, 5) is 0. The molecule has 0 aromatic heterocycles. The van der Waals surface area contributed by atoms with E-state index in [1.54, 1.807) is 0 Å². The van der Waals surface area contributed by atoms with Crippen molar-refractivity contribution in [1.29, 1.82) is 0 Å². The fourth-order valence-corrected chi connectivity index (χ4v) is 0. The Bertz CT molecular complexity index is 25.2. The van der Waals surface area contributed by atoms with Gasteiger partial charge in [-0.3, -0.25) is 0 Å². The summed E-state index contributed by atoms with van der Waals surface area (Å²) >= 11 is 0. The maximum absolute atomic E-state index is 2.20. The molecule has 1 heteroatoms. The molecule has 0 saturated carbocycles. The van der Waals surface area contributed by atoms with Gasteiger partial charge in [-0.15, -0.1) is 0 Å². The largest absolute Gasteiger partial charge is 1.00 e. The summed E-state index contributed by atoms with van der Waals surface area (Å²) in [7, 11) is 0. The number of rotatable bonds is 1. The van der Waals surface area contributed by atoms with Crippen LogP contribution in [0, 0.1) is 11.8 Å². The average Bonchev–Trinajstić information content (AvgIpc) is 1.36. The van der Waals surface area contributed by atoms with Crippen molar-refractivity contribution in [3.63, 3.8) is 0 Å². The quantitative estimate of drug-likeness (QED) is 0.319. The molecular formula is C6H13K. The molecule has 0 heterocycles. The van der Waals surface area contributed by atoms with Gasteiger partial charge in [0.1, 0.15) is 0 Å². The van der Waals surface area contributed by atoms with Gasteiger partial charge in [-0.1, -0.05) is 13.8 Å². The molecule has 0 aromatic rings. The topological polar surface area (TPSA) is 0 Å². The summed E-state index contributed by atoms with van der Waals surface area (Å²) in [6.07, 6.45) is 0. The van der Waals surface area contributed by atoms with Crippen LogP contribution < -0.4 is 51.4 Å². The molecule has 0 atom stereocenters. The van der Waals surface area contributed by atoms with Crippen molar-refractivity contribution < 1.29 is 51.4 Å². The summed E-state index contributed by atoms with van der Waals surface area (Å²) in [5, 5.41) is 0. The SMILES string of the molecule is C[C-](C)C(C)C.[K+]. The van der Waals surface area contributed by atoms with Crippen LogP contribution in [0.3, 0.4) is 0 Å². The molecular weight excluding hydrogens is 111 g/mol. The van der Waals surface area contributed by atoms with Crippen molar-refractivity contribution in [3.8, 4) is 0 Å². The monoisotopic (exact) mass is 124 g/mol. The minimum Gasteiger partial charge on any atom is -0.317 e. The molecule has 0 bridgehead atoms. The minimum absolute atomic E-state index is 0. The zero-order valence-electron chi connectivity index (χ0n) is 6.08. The van der Waals surface area contributed by atoms with Crippen LogP contribution in [0.4, 0.5) is 0 Å². The molecule has 0 aliphatic rings. The van der Waals surface area contributed by atoms with Gasteiger partial charge in [0.15, 0.2) is 0 Å². The molecule has 0 rings (SSSR count). The Kier molecular flexibility index (Phi) is 9.42. The Hall–Kier alpha value is 1.64. The van der Waals surface area contributed by atoms with Gasteiger partial charge in [-0.25, -0.2) is 0 Å². The van der Waals surface area contributed by atoms with Gasteiger partial charge in [-0.05, 0) is 0 Å². The van der Waals surface area contributed by atoms with E-state index in [1.165, 1.54) is 5.92 Å². The second kappa shape index (κ2) is 5.77. The second-order valence-electron chi connectivity index (χ2n) is 2.23. The fraction of sp³-hybridized carbons (Fsp3) is 0.833. The molecule has 0 aliphatic heterocycles. The Balaban J connectivity index is 0. The normalized spacial score (nSPS) is 9.43. The Morgan fingerprint density at radius 3 is 1.29 bits per heavy atom. The first kappa shape index (κ1) is 11.4. The smallest absolute Gasteiger partial charge is 0.317 e. The van der Waals surface area contributed by atoms with E-state index >= 15 is 0 Å². The van der Waals surface area contributed by atoms with Crippen LogP contribution in [0.2, 0.25) is 0 Å². The maximum atomic E-state index is 2.20. The average molecular weight is 124 g/mol. The summed E-state index contributed by atoms with van der Waals surface area (Å²) < 4.78 is 0. The Morgan fingerprint density at radius 1 is 1.14 bits per heavy atom. The van der Waals surface area contributed by atoms with Gasteiger partial charge < -0.3 is 5.92 Å². The number of hydrogen-bond acceptors (Lipinski definition) is 0. The zero-order chi connectivity index (χ0) is 5.15. The first-order chi connectivity index (χ1) is 2.64. The molecule has 38 valence electrons. The van der Waals surface area contributed by atoms with Crippen molar-refractivity contribution in [2.75, 3.05) is 0 Å². The standard InChI is InChI=1S/C6H13.K/c1-5(2)6(3)4;/h5H,1-4H3;/q-1;+1. The Labute approximate surface area is 89.5 Å². The van der Waals surface area contributed by atoms with E-state index in [0.29, 0.717) is 0 Å². The van der Waals surface area contributed by atoms with Gasteiger partial charge >= 0.3 is 51.4 Å². The van der Waals surface area contributed by atoms with Crippen molar-refractivity contribution in [1.82, 2.24) is 0 Å². The fourth-order valence-electron chi connectivity index (χ4n) is 0. The van der Waals surface area contributed by atoms with Crippen LogP contribution in [-0.2, 0) is 0 Å². The third kappa shape index (κ3) is 7.64. The summed E-state index contributed by atoms with van der Waals surface area (Å²) in [6, 6.07) is 0. The van der Waals surface area contributed by atoms with Crippen LogP contribution in [-0.4, -0.2) is 0 Å². The van der Waals surface area contributed by atoms with E-state index in [1.807, 2.05) is 0 Å². The van der Waals surface area contributed by atoms with Crippen molar-refractivity contribution in [2.24, 2.45) is 5.92 Å². The Morgan fingerprint density at radius 2 is 1.29 bits per heavy atom. The predicted octanol–water partition coefficient (Wildman–Crippen LogP) is -0.739. The van der Waals surface area contributed by atoms with Gasteiger partial charge in [0.2, 0.25) is 0 Å².